The highest BCUT2D eigenvalue weighted by Crippen LogP contribution is 2.30. The predicted octanol–water partition coefficient (Wildman–Crippen LogP) is 1.13. The number of carbonyl (C=O) groups is 1. The molecule has 0 spiro atoms. The van der Waals surface area contributed by atoms with E-state index >= 15 is 0 Å². The van der Waals surface area contributed by atoms with Crippen LogP contribution in [0.25, 0.3) is 0 Å². The number of nitrogens with two attached hydrogens (primary N) is 1. The van der Waals surface area contributed by atoms with Crippen LogP contribution in [0, 0.1) is 5.92 Å². The lowest BCUT2D eigenvalue weighted by Gasteiger charge is -2.48. The third-order valence-electron chi connectivity index (χ3n) is 3.73. The summed E-state index contributed by atoms with van der Waals surface area (Å²) in [4.78, 5) is 13.8. The Balaban J connectivity index is 1.84. The Bertz CT molecular complexity index is 227. The predicted molar refractivity (Wildman–Crippen MR) is 55.7 cm³/mol. The molecule has 0 atom stereocenters. The van der Waals surface area contributed by atoms with Gasteiger partial charge in [-0.15, -0.1) is 0 Å². The molecule has 2 N–H and O–H groups in total. The summed E-state index contributed by atoms with van der Waals surface area (Å²) in [5.74, 6) is 0.674. The Labute approximate surface area is 85.6 Å². The van der Waals surface area contributed by atoms with Gasteiger partial charge in [-0.1, -0.05) is 19.8 Å². The van der Waals surface area contributed by atoms with Crippen molar-refractivity contribution < 1.29 is 4.79 Å². The zero-order chi connectivity index (χ0) is 10.2. The highest BCUT2D eigenvalue weighted by molar-refractivity contribution is 5.80. The van der Waals surface area contributed by atoms with E-state index in [1.165, 1.54) is 12.8 Å². The maximum atomic E-state index is 11.9. The number of rotatable bonds is 2. The lowest BCUT2D eigenvalue weighted by molar-refractivity contribution is -0.143. The fourth-order valence-corrected chi connectivity index (χ4v) is 2.52. The lowest BCUT2D eigenvalue weighted by atomic mass is 9.87. The van der Waals surface area contributed by atoms with Crippen molar-refractivity contribution in [3.8, 4) is 0 Å². The summed E-state index contributed by atoms with van der Waals surface area (Å²) in [6.07, 6.45) is 5.62. The Hall–Kier alpha value is -0.570. The van der Waals surface area contributed by atoms with Gasteiger partial charge < -0.3 is 10.6 Å². The third-order valence-corrected chi connectivity index (χ3v) is 3.73. The molecular weight excluding hydrogens is 176 g/mol. The maximum absolute atomic E-state index is 11.9. The molecule has 0 aromatic rings. The van der Waals surface area contributed by atoms with Crippen LogP contribution < -0.4 is 5.73 Å². The molecule has 1 heterocycles. The Kier molecular flexibility index (Phi) is 2.52. The van der Waals surface area contributed by atoms with Crippen molar-refractivity contribution >= 4 is 5.91 Å². The molecule has 3 heteroatoms. The average molecular weight is 196 g/mol. The van der Waals surface area contributed by atoms with E-state index in [9.17, 15) is 4.79 Å². The average Bonchev–Trinajstić information content (AvgIpc) is 2.64. The standard InChI is InChI=1S/C11H20N2O/c1-2-11(12)7-13(8-11)10(14)9-5-3-4-6-9/h9H,2-8,12H2,1H3. The molecule has 2 rings (SSSR count). The first kappa shape index (κ1) is 9.97. The number of amides is 1. The molecule has 14 heavy (non-hydrogen) atoms. The summed E-state index contributed by atoms with van der Waals surface area (Å²) in [6, 6.07) is 0. The van der Waals surface area contributed by atoms with Crippen LogP contribution >= 0.6 is 0 Å². The van der Waals surface area contributed by atoms with Crippen LogP contribution in [0.1, 0.15) is 39.0 Å². The van der Waals surface area contributed by atoms with Gasteiger partial charge in [-0.25, -0.2) is 0 Å². The highest BCUT2D eigenvalue weighted by atomic mass is 16.2. The molecule has 1 aliphatic carbocycles. The molecule has 2 aliphatic rings. The number of hydrogen-bond donors (Lipinski definition) is 1. The molecule has 1 saturated carbocycles. The fourth-order valence-electron chi connectivity index (χ4n) is 2.52. The smallest absolute Gasteiger partial charge is 0.225 e. The second kappa shape index (κ2) is 3.54. The Morgan fingerprint density at radius 3 is 2.50 bits per heavy atom. The number of nitrogens with zero attached hydrogens (tertiary/aromatic N) is 1. The van der Waals surface area contributed by atoms with E-state index in [1.807, 2.05) is 4.90 Å². The first-order valence-electron chi connectivity index (χ1n) is 5.72. The van der Waals surface area contributed by atoms with E-state index in [-0.39, 0.29) is 5.54 Å². The molecule has 1 aliphatic heterocycles. The zero-order valence-corrected chi connectivity index (χ0v) is 8.96. The second-order valence-corrected chi connectivity index (χ2v) is 4.89. The van der Waals surface area contributed by atoms with Gasteiger partial charge in [-0.05, 0) is 19.3 Å². The van der Waals surface area contributed by atoms with Gasteiger partial charge >= 0.3 is 0 Å². The molecule has 1 amide bonds. The summed E-state index contributed by atoms with van der Waals surface area (Å²) in [6.45, 7) is 3.65. The fraction of sp³-hybridized carbons (Fsp3) is 0.909. The van der Waals surface area contributed by atoms with E-state index in [2.05, 4.69) is 6.92 Å². The van der Waals surface area contributed by atoms with Crippen molar-refractivity contribution in [3.05, 3.63) is 0 Å². The van der Waals surface area contributed by atoms with Crippen LogP contribution in [-0.2, 0) is 4.79 Å². The molecule has 0 bridgehead atoms. The zero-order valence-electron chi connectivity index (χ0n) is 8.96. The third kappa shape index (κ3) is 1.65. The largest absolute Gasteiger partial charge is 0.339 e. The monoisotopic (exact) mass is 196 g/mol. The minimum Gasteiger partial charge on any atom is -0.339 e. The van der Waals surface area contributed by atoms with Gasteiger partial charge in [-0.3, -0.25) is 4.79 Å². The van der Waals surface area contributed by atoms with E-state index in [4.69, 9.17) is 5.73 Å². The molecule has 2 fully saturated rings. The van der Waals surface area contributed by atoms with Gasteiger partial charge in [0.15, 0.2) is 0 Å². The van der Waals surface area contributed by atoms with Crippen LogP contribution in [-0.4, -0.2) is 29.4 Å². The van der Waals surface area contributed by atoms with Gasteiger partial charge in [0.05, 0.1) is 5.54 Å². The summed E-state index contributed by atoms with van der Waals surface area (Å²) in [5.41, 5.74) is 5.96. The summed E-state index contributed by atoms with van der Waals surface area (Å²) in [5, 5.41) is 0. The molecule has 0 aromatic heterocycles. The van der Waals surface area contributed by atoms with Crippen LogP contribution in [0.3, 0.4) is 0 Å². The van der Waals surface area contributed by atoms with Crippen LogP contribution in [0.4, 0.5) is 0 Å². The van der Waals surface area contributed by atoms with Gasteiger partial charge in [0.25, 0.3) is 0 Å². The highest BCUT2D eigenvalue weighted by Gasteiger charge is 2.42. The maximum Gasteiger partial charge on any atom is 0.225 e. The van der Waals surface area contributed by atoms with Crippen LogP contribution in [0.15, 0.2) is 0 Å². The molecule has 1 saturated heterocycles. The van der Waals surface area contributed by atoms with Crippen molar-refractivity contribution in [2.75, 3.05) is 13.1 Å². The van der Waals surface area contributed by atoms with Crippen molar-refractivity contribution in [2.45, 2.75) is 44.6 Å². The quantitative estimate of drug-likeness (QED) is 0.719. The summed E-state index contributed by atoms with van der Waals surface area (Å²) in [7, 11) is 0. The van der Waals surface area contributed by atoms with Gasteiger partial charge in [0, 0.05) is 19.0 Å². The first-order valence-corrected chi connectivity index (χ1v) is 5.72. The van der Waals surface area contributed by atoms with Gasteiger partial charge in [0.2, 0.25) is 5.91 Å². The Morgan fingerprint density at radius 2 is 2.00 bits per heavy atom. The van der Waals surface area contributed by atoms with E-state index in [0.717, 1.165) is 32.4 Å². The van der Waals surface area contributed by atoms with E-state index in [1.54, 1.807) is 0 Å². The molecule has 0 unspecified atom stereocenters. The number of likely N-dealkylation sites (tertiary alicyclic amines) is 1. The molecule has 0 aromatic carbocycles. The molecular formula is C11H20N2O. The number of hydrogen-bond acceptors (Lipinski definition) is 2. The van der Waals surface area contributed by atoms with Crippen molar-refractivity contribution in [2.24, 2.45) is 11.7 Å². The first-order chi connectivity index (χ1) is 6.64. The SMILES string of the molecule is CCC1(N)CN(C(=O)C2CCCC2)C1. The van der Waals surface area contributed by atoms with Crippen molar-refractivity contribution in [1.82, 2.24) is 4.90 Å². The minimum atomic E-state index is -0.0751. The Morgan fingerprint density at radius 1 is 1.43 bits per heavy atom. The van der Waals surface area contributed by atoms with Gasteiger partial charge in [-0.2, -0.15) is 0 Å². The minimum absolute atomic E-state index is 0.0751. The molecule has 0 radical (unpaired) electrons. The number of carbonyl (C=O) groups excluding carboxylic acids is 1. The normalized spacial score (nSPS) is 26.3. The van der Waals surface area contributed by atoms with Gasteiger partial charge in [0.1, 0.15) is 0 Å². The van der Waals surface area contributed by atoms with Crippen molar-refractivity contribution in [3.63, 3.8) is 0 Å². The van der Waals surface area contributed by atoms with Crippen LogP contribution in [0.2, 0.25) is 0 Å². The summed E-state index contributed by atoms with van der Waals surface area (Å²) >= 11 is 0. The molecule has 80 valence electrons. The van der Waals surface area contributed by atoms with E-state index < -0.39 is 0 Å². The van der Waals surface area contributed by atoms with Crippen molar-refractivity contribution in [1.29, 1.82) is 0 Å². The van der Waals surface area contributed by atoms with Crippen LogP contribution in [0.5, 0.6) is 0 Å². The van der Waals surface area contributed by atoms with E-state index in [0.29, 0.717) is 11.8 Å². The molecule has 3 nitrogen and oxygen atoms in total. The lowest BCUT2D eigenvalue weighted by Crippen LogP contribution is -2.68. The second-order valence-electron chi connectivity index (χ2n) is 4.89. The summed E-state index contributed by atoms with van der Waals surface area (Å²) < 4.78 is 0. The topological polar surface area (TPSA) is 46.3 Å².